The SMILES string of the molecule is CC(C)CC(=O)Nc1ccc(C(=O)COC(=O)Cc2ccccc2Cl)cc1. The molecule has 0 fully saturated rings. The zero-order valence-electron chi connectivity index (χ0n) is 15.3. The van der Waals surface area contributed by atoms with Crippen LogP contribution in [0.1, 0.15) is 36.2 Å². The normalized spacial score (nSPS) is 10.5. The van der Waals surface area contributed by atoms with E-state index in [2.05, 4.69) is 5.32 Å². The number of anilines is 1. The molecule has 27 heavy (non-hydrogen) atoms. The summed E-state index contributed by atoms with van der Waals surface area (Å²) in [6.07, 6.45) is 0.440. The molecular weight excluding hydrogens is 366 g/mol. The lowest BCUT2D eigenvalue weighted by molar-refractivity contribution is -0.141. The first-order valence-electron chi connectivity index (χ1n) is 8.67. The second-order valence-corrected chi connectivity index (χ2v) is 6.98. The molecular formula is C21H22ClNO4. The molecule has 0 atom stereocenters. The monoisotopic (exact) mass is 387 g/mol. The lowest BCUT2D eigenvalue weighted by Gasteiger charge is -2.08. The summed E-state index contributed by atoms with van der Waals surface area (Å²) in [5, 5.41) is 3.26. The summed E-state index contributed by atoms with van der Waals surface area (Å²) in [4.78, 5) is 35.8. The van der Waals surface area contributed by atoms with Crippen molar-refractivity contribution in [3.8, 4) is 0 Å². The van der Waals surface area contributed by atoms with Gasteiger partial charge in [-0.25, -0.2) is 0 Å². The van der Waals surface area contributed by atoms with Crippen molar-refractivity contribution < 1.29 is 19.1 Å². The van der Waals surface area contributed by atoms with Gasteiger partial charge in [-0.2, -0.15) is 0 Å². The molecule has 0 heterocycles. The van der Waals surface area contributed by atoms with Crippen LogP contribution in [0.2, 0.25) is 5.02 Å². The van der Waals surface area contributed by atoms with Gasteiger partial charge in [0.05, 0.1) is 6.42 Å². The van der Waals surface area contributed by atoms with E-state index in [9.17, 15) is 14.4 Å². The lowest BCUT2D eigenvalue weighted by Crippen LogP contribution is -2.16. The van der Waals surface area contributed by atoms with Crippen molar-refractivity contribution in [3.05, 3.63) is 64.7 Å². The minimum Gasteiger partial charge on any atom is -0.457 e. The van der Waals surface area contributed by atoms with E-state index >= 15 is 0 Å². The summed E-state index contributed by atoms with van der Waals surface area (Å²) in [6.45, 7) is 3.59. The third-order valence-corrected chi connectivity index (χ3v) is 4.11. The Morgan fingerprint density at radius 2 is 1.70 bits per heavy atom. The maximum absolute atomic E-state index is 12.2. The molecule has 1 amide bonds. The number of halogens is 1. The van der Waals surface area contributed by atoms with Crippen LogP contribution >= 0.6 is 11.6 Å². The Hall–Kier alpha value is -2.66. The maximum Gasteiger partial charge on any atom is 0.310 e. The average Bonchev–Trinajstić information content (AvgIpc) is 2.61. The molecule has 2 aromatic rings. The Morgan fingerprint density at radius 3 is 2.33 bits per heavy atom. The Bertz CT molecular complexity index is 815. The van der Waals surface area contributed by atoms with Crippen LogP contribution in [0.25, 0.3) is 0 Å². The fourth-order valence-corrected chi connectivity index (χ4v) is 2.60. The third kappa shape index (κ3) is 6.87. The zero-order valence-corrected chi connectivity index (χ0v) is 16.1. The largest absolute Gasteiger partial charge is 0.457 e. The first-order valence-corrected chi connectivity index (χ1v) is 9.05. The molecule has 5 nitrogen and oxygen atoms in total. The summed E-state index contributed by atoms with van der Waals surface area (Å²) in [7, 11) is 0. The van der Waals surface area contributed by atoms with Gasteiger partial charge in [-0.15, -0.1) is 0 Å². The van der Waals surface area contributed by atoms with Crippen LogP contribution in [0.15, 0.2) is 48.5 Å². The van der Waals surface area contributed by atoms with E-state index in [1.54, 1.807) is 48.5 Å². The minimum atomic E-state index is -0.519. The van der Waals surface area contributed by atoms with Crippen LogP contribution in [0.3, 0.4) is 0 Å². The number of Topliss-reactive ketones (excluding diaryl/α,β-unsaturated/α-hetero) is 1. The van der Waals surface area contributed by atoms with Crippen LogP contribution in [0.4, 0.5) is 5.69 Å². The van der Waals surface area contributed by atoms with Gasteiger partial charge in [-0.05, 0) is 41.8 Å². The lowest BCUT2D eigenvalue weighted by atomic mass is 10.1. The number of carbonyl (C=O) groups excluding carboxylic acids is 3. The van der Waals surface area contributed by atoms with Crippen LogP contribution in [-0.2, 0) is 20.7 Å². The highest BCUT2D eigenvalue weighted by Crippen LogP contribution is 2.16. The van der Waals surface area contributed by atoms with Crippen molar-refractivity contribution in [2.45, 2.75) is 26.7 Å². The Labute approximate surface area is 163 Å². The number of hydrogen-bond acceptors (Lipinski definition) is 4. The number of benzene rings is 2. The predicted molar refractivity (Wildman–Crippen MR) is 105 cm³/mol. The molecule has 6 heteroatoms. The standard InChI is InChI=1S/C21H22ClNO4/c1-14(2)11-20(25)23-17-9-7-15(8-10-17)19(24)13-27-21(26)12-16-5-3-4-6-18(16)22/h3-10,14H,11-13H2,1-2H3,(H,23,25). The average molecular weight is 388 g/mol. The van der Waals surface area contributed by atoms with Gasteiger partial charge >= 0.3 is 5.97 Å². The van der Waals surface area contributed by atoms with Gasteiger partial charge in [0.25, 0.3) is 0 Å². The van der Waals surface area contributed by atoms with Crippen molar-refractivity contribution >= 4 is 34.9 Å². The fraction of sp³-hybridized carbons (Fsp3) is 0.286. The molecule has 0 aromatic heterocycles. The van der Waals surface area contributed by atoms with Crippen molar-refractivity contribution in [3.63, 3.8) is 0 Å². The third-order valence-electron chi connectivity index (χ3n) is 3.74. The topological polar surface area (TPSA) is 72.5 Å². The second-order valence-electron chi connectivity index (χ2n) is 6.58. The summed E-state index contributed by atoms with van der Waals surface area (Å²) in [6, 6.07) is 13.5. The van der Waals surface area contributed by atoms with Crippen LogP contribution in [-0.4, -0.2) is 24.3 Å². The molecule has 0 spiro atoms. The van der Waals surface area contributed by atoms with Gasteiger partial charge in [0, 0.05) is 22.7 Å². The number of hydrogen-bond donors (Lipinski definition) is 1. The second kappa shape index (κ2) is 9.88. The van der Waals surface area contributed by atoms with E-state index in [1.165, 1.54) is 0 Å². The molecule has 0 saturated carbocycles. The maximum atomic E-state index is 12.2. The number of esters is 1. The number of rotatable bonds is 8. The van der Waals surface area contributed by atoms with E-state index in [0.29, 0.717) is 28.3 Å². The minimum absolute atomic E-state index is 0.00771. The molecule has 0 aliphatic heterocycles. The zero-order chi connectivity index (χ0) is 19.8. The summed E-state index contributed by atoms with van der Waals surface area (Å²) in [5.74, 6) is -0.638. The molecule has 0 aliphatic rings. The number of ketones is 1. The van der Waals surface area contributed by atoms with Gasteiger partial charge in [0.1, 0.15) is 0 Å². The van der Waals surface area contributed by atoms with Crippen molar-refractivity contribution in [2.75, 3.05) is 11.9 Å². The van der Waals surface area contributed by atoms with Gasteiger partial charge in [-0.1, -0.05) is 43.6 Å². The number of amides is 1. The quantitative estimate of drug-likeness (QED) is 0.541. The molecule has 2 rings (SSSR count). The van der Waals surface area contributed by atoms with Crippen molar-refractivity contribution in [2.24, 2.45) is 5.92 Å². The predicted octanol–water partition coefficient (Wildman–Crippen LogP) is 4.29. The van der Waals surface area contributed by atoms with E-state index in [1.807, 2.05) is 13.8 Å². The van der Waals surface area contributed by atoms with Gasteiger partial charge < -0.3 is 10.1 Å². The number of ether oxygens (including phenoxy) is 1. The van der Waals surface area contributed by atoms with Crippen LogP contribution < -0.4 is 5.32 Å². The van der Waals surface area contributed by atoms with Crippen molar-refractivity contribution in [1.29, 1.82) is 0 Å². The summed E-state index contributed by atoms with van der Waals surface area (Å²) in [5.41, 5.74) is 1.67. The molecule has 1 N–H and O–H groups in total. The Balaban J connectivity index is 1.84. The van der Waals surface area contributed by atoms with E-state index in [0.717, 1.165) is 0 Å². The fourth-order valence-electron chi connectivity index (χ4n) is 2.40. The van der Waals surface area contributed by atoms with E-state index in [4.69, 9.17) is 16.3 Å². The van der Waals surface area contributed by atoms with Crippen molar-refractivity contribution in [1.82, 2.24) is 0 Å². The first kappa shape index (κ1) is 20.6. The highest BCUT2D eigenvalue weighted by Gasteiger charge is 2.12. The van der Waals surface area contributed by atoms with Gasteiger partial charge in [0.2, 0.25) is 5.91 Å². The molecule has 0 aliphatic carbocycles. The van der Waals surface area contributed by atoms with E-state index in [-0.39, 0.29) is 30.6 Å². The molecule has 0 unspecified atom stereocenters. The molecule has 0 bridgehead atoms. The number of nitrogens with one attached hydrogen (secondary N) is 1. The Kier molecular flexibility index (Phi) is 7.55. The summed E-state index contributed by atoms with van der Waals surface area (Å²) < 4.78 is 5.04. The molecule has 0 saturated heterocycles. The molecule has 2 aromatic carbocycles. The number of carbonyl (C=O) groups is 3. The van der Waals surface area contributed by atoms with Gasteiger partial charge in [-0.3, -0.25) is 14.4 Å². The Morgan fingerprint density at radius 1 is 1.04 bits per heavy atom. The summed E-state index contributed by atoms with van der Waals surface area (Å²) >= 11 is 6.00. The first-order chi connectivity index (χ1) is 12.8. The van der Waals surface area contributed by atoms with Gasteiger partial charge in [0.15, 0.2) is 12.4 Å². The van der Waals surface area contributed by atoms with Crippen LogP contribution in [0.5, 0.6) is 0 Å². The molecule has 0 radical (unpaired) electrons. The highest BCUT2D eigenvalue weighted by molar-refractivity contribution is 6.31. The smallest absolute Gasteiger partial charge is 0.310 e. The highest BCUT2D eigenvalue weighted by atomic mass is 35.5. The van der Waals surface area contributed by atoms with E-state index < -0.39 is 5.97 Å². The van der Waals surface area contributed by atoms with Crippen LogP contribution in [0, 0.1) is 5.92 Å². The molecule has 142 valence electrons.